The number of hydrogen-bond donors (Lipinski definition) is 2. The number of nitrogens with zero attached hydrogens (tertiary/aromatic N) is 3. The summed E-state index contributed by atoms with van der Waals surface area (Å²) in [6.07, 6.45) is -0.00956. The number of rotatable bonds is 14. The van der Waals surface area contributed by atoms with Crippen LogP contribution in [0, 0.1) is 17.5 Å². The molecule has 0 unspecified atom stereocenters. The number of aromatic nitrogens is 2. The van der Waals surface area contributed by atoms with Crippen molar-refractivity contribution in [2.24, 2.45) is 0 Å². The second-order valence-corrected chi connectivity index (χ2v) is 12.0. The molecule has 4 aromatic carbocycles. The summed E-state index contributed by atoms with van der Waals surface area (Å²) in [5.74, 6) is -1.32. The summed E-state index contributed by atoms with van der Waals surface area (Å²) in [4.78, 5) is 22.5. The molecule has 5 aromatic rings. The number of carboxylic acids is 1. The van der Waals surface area contributed by atoms with Gasteiger partial charge in [-0.2, -0.15) is 0 Å². The van der Waals surface area contributed by atoms with E-state index in [1.165, 1.54) is 32.4 Å². The summed E-state index contributed by atoms with van der Waals surface area (Å²) in [7, 11) is 8.03. The van der Waals surface area contributed by atoms with Crippen LogP contribution in [0.15, 0.2) is 78.0 Å². The van der Waals surface area contributed by atoms with Gasteiger partial charge in [0.25, 0.3) is 0 Å². The van der Waals surface area contributed by atoms with Crippen LogP contribution in [0.1, 0.15) is 12.0 Å². The van der Waals surface area contributed by atoms with Crippen LogP contribution < -0.4 is 24.0 Å². The minimum atomic E-state index is -0.893. The van der Waals surface area contributed by atoms with Crippen LogP contribution in [0.2, 0.25) is 0 Å². The number of nitrogens with one attached hydrogen (secondary N) is 1. The Hall–Kier alpha value is -5.30. The number of thioether (sulfide) groups is 1. The summed E-state index contributed by atoms with van der Waals surface area (Å²) >= 11 is 1.11. The van der Waals surface area contributed by atoms with E-state index in [0.29, 0.717) is 57.1 Å². The number of aromatic amines is 1. The first-order chi connectivity index (χ1) is 23.5. The molecule has 49 heavy (non-hydrogen) atoms. The molecule has 0 saturated heterocycles. The number of halogens is 3. The van der Waals surface area contributed by atoms with Gasteiger partial charge < -0.3 is 34.1 Å². The average Bonchev–Trinajstić information content (AvgIpc) is 3.53. The lowest BCUT2D eigenvalue weighted by Gasteiger charge is -2.20. The van der Waals surface area contributed by atoms with Crippen molar-refractivity contribution in [2.75, 3.05) is 51.8 Å². The van der Waals surface area contributed by atoms with Crippen molar-refractivity contribution in [2.45, 2.75) is 17.3 Å². The van der Waals surface area contributed by atoms with E-state index in [2.05, 4.69) is 4.98 Å². The number of H-pyrrole nitrogens is 1. The number of anilines is 3. The molecular formula is C36H35F3N4O5S. The zero-order valence-electron chi connectivity index (χ0n) is 27.5. The first-order valence-corrected chi connectivity index (χ1v) is 16.0. The molecular weight excluding hydrogens is 657 g/mol. The third-order valence-electron chi connectivity index (χ3n) is 7.97. The first kappa shape index (κ1) is 35.0. The van der Waals surface area contributed by atoms with Crippen molar-refractivity contribution in [1.82, 2.24) is 9.97 Å². The molecule has 1 heterocycles. The first-order valence-electron chi connectivity index (χ1n) is 15.1. The molecule has 0 atom stereocenters. The predicted molar refractivity (Wildman–Crippen MR) is 185 cm³/mol. The maximum Gasteiger partial charge on any atom is 0.305 e. The lowest BCUT2D eigenvalue weighted by atomic mass is 10.0. The number of hydrogen-bond acceptors (Lipinski definition) is 8. The van der Waals surface area contributed by atoms with E-state index < -0.39 is 23.4 Å². The Morgan fingerprint density at radius 1 is 0.776 bits per heavy atom. The highest BCUT2D eigenvalue weighted by molar-refractivity contribution is 7.98. The molecule has 0 aliphatic rings. The molecule has 0 fully saturated rings. The van der Waals surface area contributed by atoms with Gasteiger partial charge in [-0.05, 0) is 65.7 Å². The van der Waals surface area contributed by atoms with Crippen LogP contribution >= 0.6 is 11.8 Å². The highest BCUT2D eigenvalue weighted by atomic mass is 32.2. The molecule has 13 heteroatoms. The fraction of sp³-hybridized carbons (Fsp3) is 0.222. The molecule has 9 nitrogen and oxygen atoms in total. The molecule has 0 amide bonds. The molecule has 0 radical (unpaired) electrons. The van der Waals surface area contributed by atoms with Gasteiger partial charge in [0.05, 0.1) is 33.4 Å². The van der Waals surface area contributed by atoms with Crippen molar-refractivity contribution in [1.29, 1.82) is 0 Å². The van der Waals surface area contributed by atoms with E-state index in [-0.39, 0.29) is 23.5 Å². The largest absolute Gasteiger partial charge is 0.494 e. The second-order valence-electron chi connectivity index (χ2n) is 11.0. The highest BCUT2D eigenvalue weighted by Gasteiger charge is 2.21. The predicted octanol–water partition coefficient (Wildman–Crippen LogP) is 8.16. The normalized spacial score (nSPS) is 10.9. The monoisotopic (exact) mass is 692 g/mol. The Labute approximate surface area is 286 Å². The number of aliphatic carboxylic acids is 1. The maximum atomic E-state index is 15.4. The number of imidazole rings is 1. The lowest BCUT2D eigenvalue weighted by Crippen LogP contribution is -2.20. The lowest BCUT2D eigenvalue weighted by molar-refractivity contribution is -0.136. The van der Waals surface area contributed by atoms with E-state index >= 15 is 8.78 Å². The number of methoxy groups -OCH3 is 3. The molecule has 0 spiro atoms. The van der Waals surface area contributed by atoms with Crippen molar-refractivity contribution in [3.63, 3.8) is 0 Å². The third kappa shape index (κ3) is 7.89. The SMILES string of the molecule is COc1cc(-c2[nH]c(SCc3c(F)cc(-c4ccc(N(C)CCC(=O)O)cc4)cc3F)nc2N(C)c2ccc(OC)c(OC)c2)ccc1F. The topological polar surface area (TPSA) is 100 Å². The summed E-state index contributed by atoms with van der Waals surface area (Å²) in [5, 5.41) is 9.31. The standard InChI is InChI=1S/C36H35F3N4O5S/c1-42(15-14-33(44)45)24-9-6-21(7-10-24)23-16-28(38)26(29(39)17-23)20-49-36-40-34(22-8-12-27(37)31(18-22)47-4)35(41-36)43(2)25-11-13-30(46-3)32(19-25)48-5/h6-13,16-19H,14-15,20H2,1-5H3,(H,40,41)(H,44,45). The van der Waals surface area contributed by atoms with Crippen molar-refractivity contribution in [3.8, 4) is 39.6 Å². The minimum Gasteiger partial charge on any atom is -0.494 e. The van der Waals surface area contributed by atoms with Crippen LogP contribution in [0.3, 0.4) is 0 Å². The van der Waals surface area contributed by atoms with Gasteiger partial charge in [-0.25, -0.2) is 18.2 Å². The Morgan fingerprint density at radius 2 is 1.41 bits per heavy atom. The van der Waals surface area contributed by atoms with Crippen molar-refractivity contribution < 1.29 is 37.3 Å². The zero-order valence-corrected chi connectivity index (χ0v) is 28.3. The minimum absolute atomic E-state index is 0.00956. The van der Waals surface area contributed by atoms with E-state index in [4.69, 9.17) is 24.3 Å². The quantitative estimate of drug-likeness (QED) is 0.112. The summed E-state index contributed by atoms with van der Waals surface area (Å²) in [5.41, 5.74) is 3.48. The molecule has 0 bridgehead atoms. The second kappa shape index (κ2) is 15.3. The summed E-state index contributed by atoms with van der Waals surface area (Å²) in [6.45, 7) is 0.327. The van der Waals surface area contributed by atoms with Crippen LogP contribution in [0.25, 0.3) is 22.4 Å². The van der Waals surface area contributed by atoms with E-state index in [1.807, 2.05) is 6.07 Å². The fourth-order valence-corrected chi connectivity index (χ4v) is 6.06. The number of ether oxygens (including phenoxy) is 3. The summed E-state index contributed by atoms with van der Waals surface area (Å²) in [6, 6.07) is 19.4. The Morgan fingerprint density at radius 3 is 2.04 bits per heavy atom. The van der Waals surface area contributed by atoms with Gasteiger partial charge >= 0.3 is 5.97 Å². The van der Waals surface area contributed by atoms with Crippen LogP contribution in [0.4, 0.5) is 30.4 Å². The van der Waals surface area contributed by atoms with Gasteiger partial charge in [0, 0.05) is 55.0 Å². The summed E-state index contributed by atoms with van der Waals surface area (Å²) < 4.78 is 61.2. The molecule has 0 aliphatic carbocycles. The van der Waals surface area contributed by atoms with Gasteiger partial charge in [-0.3, -0.25) is 4.79 Å². The van der Waals surface area contributed by atoms with Crippen LogP contribution in [-0.4, -0.2) is 63.0 Å². The Balaban J connectivity index is 1.41. The highest BCUT2D eigenvalue weighted by Crippen LogP contribution is 2.40. The van der Waals surface area contributed by atoms with Crippen LogP contribution in [0.5, 0.6) is 17.2 Å². The van der Waals surface area contributed by atoms with Gasteiger partial charge in [-0.15, -0.1) is 0 Å². The maximum absolute atomic E-state index is 15.4. The number of carboxylic acid groups (broad SMARTS) is 1. The number of carbonyl (C=O) groups is 1. The zero-order chi connectivity index (χ0) is 35.2. The fourth-order valence-electron chi connectivity index (χ4n) is 5.18. The van der Waals surface area contributed by atoms with E-state index in [0.717, 1.165) is 17.4 Å². The van der Waals surface area contributed by atoms with Crippen molar-refractivity contribution in [3.05, 3.63) is 95.8 Å². The third-order valence-corrected chi connectivity index (χ3v) is 8.87. The van der Waals surface area contributed by atoms with Crippen LogP contribution in [-0.2, 0) is 10.5 Å². The van der Waals surface area contributed by atoms with Gasteiger partial charge in [-0.1, -0.05) is 23.9 Å². The number of benzene rings is 4. The van der Waals surface area contributed by atoms with Gasteiger partial charge in [0.1, 0.15) is 11.6 Å². The van der Waals surface area contributed by atoms with Gasteiger partial charge in [0.2, 0.25) is 0 Å². The smallest absolute Gasteiger partial charge is 0.305 e. The van der Waals surface area contributed by atoms with Crippen molar-refractivity contribution >= 4 is 34.9 Å². The molecule has 5 rings (SSSR count). The van der Waals surface area contributed by atoms with E-state index in [1.54, 1.807) is 79.5 Å². The van der Waals surface area contributed by atoms with E-state index in [9.17, 15) is 9.18 Å². The average molecular weight is 693 g/mol. The molecule has 2 N–H and O–H groups in total. The Kier molecular flexibility index (Phi) is 10.9. The van der Waals surface area contributed by atoms with Gasteiger partial charge in [0.15, 0.2) is 34.0 Å². The Bertz CT molecular complexity index is 1930. The molecule has 0 saturated carbocycles. The molecule has 256 valence electrons. The molecule has 1 aromatic heterocycles. The molecule has 0 aliphatic heterocycles.